The Hall–Kier alpha value is -1.20. The van der Waals surface area contributed by atoms with Crippen LogP contribution in [0, 0.1) is 6.92 Å². The molecule has 5 heteroatoms. The predicted molar refractivity (Wildman–Crippen MR) is 94.6 cm³/mol. The number of nitrogens with zero attached hydrogens (tertiary/aromatic N) is 2. The number of rotatable bonds is 4. The molecule has 1 atom stereocenters. The number of aryl methyl sites for hydroxylation is 2. The molecule has 0 N–H and O–H groups in total. The third-order valence-corrected chi connectivity index (χ3v) is 6.17. The molecule has 1 aliphatic rings. The van der Waals surface area contributed by atoms with E-state index in [-0.39, 0.29) is 5.56 Å². The van der Waals surface area contributed by atoms with Crippen molar-refractivity contribution in [3.05, 3.63) is 45.9 Å². The maximum absolute atomic E-state index is 12.9. The Morgan fingerprint density at radius 1 is 1.36 bits per heavy atom. The van der Waals surface area contributed by atoms with Crippen LogP contribution in [0.5, 0.6) is 0 Å². The second kappa shape index (κ2) is 6.50. The first-order valence-electron chi connectivity index (χ1n) is 7.62. The Morgan fingerprint density at radius 3 is 2.77 bits per heavy atom. The monoisotopic (exact) mass is 332 g/mol. The third-order valence-electron chi connectivity index (χ3n) is 3.84. The summed E-state index contributed by atoms with van der Waals surface area (Å²) in [5, 5.41) is 1.26. The zero-order valence-corrected chi connectivity index (χ0v) is 14.8. The Bertz CT molecular complexity index is 738. The molecule has 0 aliphatic carbocycles. The van der Waals surface area contributed by atoms with E-state index in [1.165, 1.54) is 5.56 Å². The number of thioether (sulfide) groups is 2. The van der Waals surface area contributed by atoms with Gasteiger partial charge in [-0.1, -0.05) is 43.3 Å². The molecule has 116 valence electrons. The molecule has 2 aromatic rings. The van der Waals surface area contributed by atoms with Crippen LogP contribution in [-0.2, 0) is 6.42 Å². The molecular weight excluding hydrogens is 312 g/mol. The minimum atomic E-state index is 0.0853. The lowest BCUT2D eigenvalue weighted by Crippen LogP contribution is -2.24. The summed E-state index contributed by atoms with van der Waals surface area (Å²) in [6, 6.07) is 8.09. The van der Waals surface area contributed by atoms with Gasteiger partial charge in [0.15, 0.2) is 5.16 Å². The van der Waals surface area contributed by atoms with Crippen molar-refractivity contribution >= 4 is 23.5 Å². The number of benzene rings is 1. The molecule has 0 saturated heterocycles. The molecule has 0 radical (unpaired) electrons. The highest BCUT2D eigenvalue weighted by molar-refractivity contribution is 8.00. The summed E-state index contributed by atoms with van der Waals surface area (Å²) < 4.78 is 1.79. The molecule has 0 amide bonds. The fraction of sp³-hybridized carbons (Fsp3) is 0.412. The number of fused-ring (bicyclic) bond motifs is 1. The smallest absolute Gasteiger partial charge is 0.268 e. The van der Waals surface area contributed by atoms with Crippen molar-refractivity contribution in [1.29, 1.82) is 0 Å². The van der Waals surface area contributed by atoms with Gasteiger partial charge in [0.2, 0.25) is 0 Å². The summed E-state index contributed by atoms with van der Waals surface area (Å²) >= 11 is 3.33. The van der Waals surface area contributed by atoms with Gasteiger partial charge < -0.3 is 0 Å². The molecule has 0 bridgehead atoms. The summed E-state index contributed by atoms with van der Waals surface area (Å²) in [4.78, 5) is 18.6. The second-order valence-corrected chi connectivity index (χ2v) is 8.09. The summed E-state index contributed by atoms with van der Waals surface area (Å²) in [6.45, 7) is 6.39. The van der Waals surface area contributed by atoms with Gasteiger partial charge in [0, 0.05) is 17.4 Å². The Kier molecular flexibility index (Phi) is 4.64. The topological polar surface area (TPSA) is 34.9 Å². The molecule has 1 unspecified atom stereocenters. The summed E-state index contributed by atoms with van der Waals surface area (Å²) in [7, 11) is 0. The van der Waals surface area contributed by atoms with Crippen LogP contribution in [0.1, 0.15) is 31.5 Å². The normalized spacial score (nSPS) is 14.9. The zero-order chi connectivity index (χ0) is 15.7. The second-order valence-electron chi connectivity index (χ2n) is 5.58. The highest BCUT2D eigenvalue weighted by Gasteiger charge is 2.23. The van der Waals surface area contributed by atoms with Gasteiger partial charge in [0.1, 0.15) is 0 Å². The van der Waals surface area contributed by atoms with Crippen LogP contribution in [0.3, 0.4) is 0 Å². The SMILES string of the molecule is CCC(C)Sc1nc2c(c(=O)n1-c1ccc(C)cc1)SCC2. The Balaban J connectivity index is 2.17. The predicted octanol–water partition coefficient (Wildman–Crippen LogP) is 4.08. The van der Waals surface area contributed by atoms with Crippen LogP contribution >= 0.6 is 23.5 Å². The van der Waals surface area contributed by atoms with Crippen molar-refractivity contribution < 1.29 is 0 Å². The summed E-state index contributed by atoms with van der Waals surface area (Å²) in [5.74, 6) is 0.961. The molecular formula is C17H20N2OS2. The minimum absolute atomic E-state index is 0.0853. The van der Waals surface area contributed by atoms with Gasteiger partial charge in [-0.05, 0) is 25.5 Å². The fourth-order valence-electron chi connectivity index (χ4n) is 2.36. The van der Waals surface area contributed by atoms with Gasteiger partial charge in [0.05, 0.1) is 16.3 Å². The maximum atomic E-state index is 12.9. The van der Waals surface area contributed by atoms with E-state index in [4.69, 9.17) is 4.98 Å². The van der Waals surface area contributed by atoms with E-state index in [1.54, 1.807) is 28.1 Å². The van der Waals surface area contributed by atoms with Crippen molar-refractivity contribution in [3.8, 4) is 5.69 Å². The lowest BCUT2D eigenvalue weighted by atomic mass is 10.2. The average molecular weight is 332 g/mol. The molecule has 3 nitrogen and oxygen atoms in total. The largest absolute Gasteiger partial charge is 0.272 e. The van der Waals surface area contributed by atoms with Crippen LogP contribution in [0.15, 0.2) is 39.1 Å². The number of aromatic nitrogens is 2. The Labute approximate surface area is 139 Å². The zero-order valence-electron chi connectivity index (χ0n) is 13.1. The molecule has 1 aliphatic heterocycles. The van der Waals surface area contributed by atoms with Crippen LogP contribution in [0.25, 0.3) is 5.69 Å². The van der Waals surface area contributed by atoms with Crippen LogP contribution in [0.2, 0.25) is 0 Å². The lowest BCUT2D eigenvalue weighted by molar-refractivity contribution is 0.734. The molecule has 0 spiro atoms. The van der Waals surface area contributed by atoms with Crippen molar-refractivity contribution in [1.82, 2.24) is 9.55 Å². The lowest BCUT2D eigenvalue weighted by Gasteiger charge is -2.16. The van der Waals surface area contributed by atoms with E-state index in [2.05, 4.69) is 20.8 Å². The van der Waals surface area contributed by atoms with E-state index >= 15 is 0 Å². The van der Waals surface area contributed by atoms with E-state index in [9.17, 15) is 4.79 Å². The quantitative estimate of drug-likeness (QED) is 0.624. The Morgan fingerprint density at radius 2 is 2.09 bits per heavy atom. The van der Waals surface area contributed by atoms with E-state index < -0.39 is 0 Å². The van der Waals surface area contributed by atoms with Crippen LogP contribution in [0.4, 0.5) is 0 Å². The highest BCUT2D eigenvalue weighted by Crippen LogP contribution is 2.31. The van der Waals surface area contributed by atoms with Crippen LogP contribution < -0.4 is 5.56 Å². The van der Waals surface area contributed by atoms with Crippen molar-refractivity contribution in [2.75, 3.05) is 5.75 Å². The molecule has 2 heterocycles. The van der Waals surface area contributed by atoms with Gasteiger partial charge in [-0.3, -0.25) is 9.36 Å². The standard InChI is InChI=1S/C17H20N2OS2/c1-4-12(3)22-17-18-14-9-10-21-15(14)16(20)19(17)13-7-5-11(2)6-8-13/h5-8,12H,4,9-10H2,1-3H3. The highest BCUT2D eigenvalue weighted by atomic mass is 32.2. The van der Waals surface area contributed by atoms with E-state index in [1.807, 2.05) is 24.3 Å². The van der Waals surface area contributed by atoms with Crippen molar-refractivity contribution in [2.45, 2.75) is 48.9 Å². The van der Waals surface area contributed by atoms with Gasteiger partial charge in [-0.25, -0.2) is 4.98 Å². The van der Waals surface area contributed by atoms with Gasteiger partial charge in [0.25, 0.3) is 5.56 Å². The third kappa shape index (κ3) is 2.97. The summed E-state index contributed by atoms with van der Waals surface area (Å²) in [6.07, 6.45) is 1.96. The van der Waals surface area contributed by atoms with Crippen LogP contribution in [-0.4, -0.2) is 20.6 Å². The molecule has 0 fully saturated rings. The van der Waals surface area contributed by atoms with Gasteiger partial charge >= 0.3 is 0 Å². The number of hydrogen-bond donors (Lipinski definition) is 0. The average Bonchev–Trinajstić information content (AvgIpc) is 2.97. The molecule has 0 saturated carbocycles. The van der Waals surface area contributed by atoms with Crippen molar-refractivity contribution in [3.63, 3.8) is 0 Å². The molecule has 3 rings (SSSR count). The fourth-order valence-corrected chi connectivity index (χ4v) is 4.37. The van der Waals surface area contributed by atoms with Gasteiger partial charge in [-0.15, -0.1) is 11.8 Å². The first-order chi connectivity index (χ1) is 10.6. The summed E-state index contributed by atoms with van der Waals surface area (Å²) in [5.41, 5.74) is 3.16. The van der Waals surface area contributed by atoms with Crippen molar-refractivity contribution in [2.24, 2.45) is 0 Å². The number of hydrogen-bond acceptors (Lipinski definition) is 4. The molecule has 1 aromatic heterocycles. The molecule has 1 aromatic carbocycles. The van der Waals surface area contributed by atoms with E-state index in [0.717, 1.165) is 40.0 Å². The minimum Gasteiger partial charge on any atom is -0.268 e. The van der Waals surface area contributed by atoms with Gasteiger partial charge in [-0.2, -0.15) is 0 Å². The first-order valence-corrected chi connectivity index (χ1v) is 9.49. The van der Waals surface area contributed by atoms with E-state index in [0.29, 0.717) is 5.25 Å². The first kappa shape index (κ1) is 15.7. The maximum Gasteiger partial charge on any atom is 0.272 e. The molecule has 22 heavy (non-hydrogen) atoms.